The molecule has 0 unspecified atom stereocenters. The van der Waals surface area contributed by atoms with Gasteiger partial charge in [0.25, 0.3) is 0 Å². The summed E-state index contributed by atoms with van der Waals surface area (Å²) < 4.78 is 33.1. The second kappa shape index (κ2) is 5.36. The minimum absolute atomic E-state index is 0.0384. The number of carbonyl (C=O) groups is 2. The van der Waals surface area contributed by atoms with Crippen LogP contribution in [-0.2, 0) is 14.3 Å². The highest BCUT2D eigenvalue weighted by Gasteiger charge is 2.62. The summed E-state index contributed by atoms with van der Waals surface area (Å²) in [5.41, 5.74) is 0.0582. The van der Waals surface area contributed by atoms with E-state index >= 15 is 0 Å². The minimum Gasteiger partial charge on any atom is -0.465 e. The highest BCUT2D eigenvalue weighted by atomic mass is 19.1. The summed E-state index contributed by atoms with van der Waals surface area (Å²) in [6.45, 7) is 4.19. The van der Waals surface area contributed by atoms with Gasteiger partial charge in [-0.3, -0.25) is 9.59 Å². The fraction of sp³-hybridized carbons (Fsp3) is 0.600. The third-order valence-corrected chi connectivity index (χ3v) is 7.34. The predicted octanol–water partition coefficient (Wildman–Crippen LogP) is 4.21. The van der Waals surface area contributed by atoms with Crippen molar-refractivity contribution >= 4 is 11.8 Å². The van der Waals surface area contributed by atoms with Crippen molar-refractivity contribution in [2.45, 2.75) is 39.5 Å². The average molecular weight is 348 g/mol. The van der Waals surface area contributed by atoms with Crippen LogP contribution in [0.15, 0.2) is 35.5 Å². The maximum atomic E-state index is 13.9. The Kier molecular flexibility index (Phi) is 3.57. The first-order chi connectivity index (χ1) is 11.9. The average Bonchev–Trinajstić information content (AvgIpc) is 2.90. The van der Waals surface area contributed by atoms with Gasteiger partial charge in [0, 0.05) is 17.9 Å². The van der Waals surface area contributed by atoms with E-state index in [-0.39, 0.29) is 52.7 Å². The van der Waals surface area contributed by atoms with Gasteiger partial charge in [-0.25, -0.2) is 8.78 Å². The molecule has 0 N–H and O–H groups in total. The van der Waals surface area contributed by atoms with Crippen molar-refractivity contribution in [2.75, 3.05) is 6.61 Å². The third-order valence-electron chi connectivity index (χ3n) is 7.34. The SMILES string of the molecule is C[C@]12CCC(=O)C=C1C(=CF)C(=CF)[C@@H]1[C@@H]2CC[C@]2(C)C(=O)OC[C@@H]12. The molecule has 2 saturated carbocycles. The van der Waals surface area contributed by atoms with Crippen LogP contribution in [0.2, 0.25) is 0 Å². The number of cyclic esters (lactones) is 1. The molecule has 3 nitrogen and oxygen atoms in total. The molecule has 1 aliphatic heterocycles. The van der Waals surface area contributed by atoms with E-state index in [2.05, 4.69) is 6.92 Å². The highest BCUT2D eigenvalue weighted by Crippen LogP contribution is 2.65. The zero-order valence-corrected chi connectivity index (χ0v) is 14.5. The number of hydrogen-bond donors (Lipinski definition) is 0. The van der Waals surface area contributed by atoms with Crippen molar-refractivity contribution in [1.29, 1.82) is 0 Å². The standard InChI is InChI=1S/C20H22F2O3/c1-19-5-3-11(23)7-15(19)12(8-21)13(9-22)17-14(19)4-6-20(2)16(17)10-25-18(20)24/h7-9,14,16-17H,3-6,10H2,1-2H3/t14-,16-,17+,19+,20-/m0/s1. The summed E-state index contributed by atoms with van der Waals surface area (Å²) in [5, 5.41) is 0. The number of hydrogen-bond acceptors (Lipinski definition) is 3. The molecule has 1 saturated heterocycles. The van der Waals surface area contributed by atoms with Crippen molar-refractivity contribution in [2.24, 2.45) is 28.6 Å². The van der Waals surface area contributed by atoms with E-state index in [1.165, 1.54) is 6.08 Å². The lowest BCUT2D eigenvalue weighted by Crippen LogP contribution is -2.52. The molecule has 0 aromatic carbocycles. The Morgan fingerprint density at radius 2 is 1.88 bits per heavy atom. The van der Waals surface area contributed by atoms with E-state index in [1.54, 1.807) is 0 Å². The number of ether oxygens (including phenoxy) is 1. The zero-order valence-electron chi connectivity index (χ0n) is 14.5. The Hall–Kier alpha value is -1.78. The first-order valence-corrected chi connectivity index (χ1v) is 8.90. The molecule has 0 radical (unpaired) electrons. The van der Waals surface area contributed by atoms with Crippen LogP contribution in [0.25, 0.3) is 0 Å². The van der Waals surface area contributed by atoms with Gasteiger partial charge >= 0.3 is 5.97 Å². The van der Waals surface area contributed by atoms with E-state index in [9.17, 15) is 18.4 Å². The molecule has 0 aromatic rings. The van der Waals surface area contributed by atoms with Crippen LogP contribution in [0.1, 0.15) is 39.5 Å². The van der Waals surface area contributed by atoms with Crippen LogP contribution in [-0.4, -0.2) is 18.4 Å². The van der Waals surface area contributed by atoms with E-state index < -0.39 is 5.41 Å². The molecule has 25 heavy (non-hydrogen) atoms. The Labute approximate surface area is 145 Å². The quantitative estimate of drug-likeness (QED) is 0.616. The summed E-state index contributed by atoms with van der Waals surface area (Å²) in [5.74, 6) is -0.627. The first-order valence-electron chi connectivity index (χ1n) is 8.90. The van der Waals surface area contributed by atoms with Gasteiger partial charge < -0.3 is 4.74 Å². The summed E-state index contributed by atoms with van der Waals surface area (Å²) in [6.07, 6.45) is 4.88. The van der Waals surface area contributed by atoms with Gasteiger partial charge in [0.05, 0.1) is 24.7 Å². The predicted molar refractivity (Wildman–Crippen MR) is 87.6 cm³/mol. The van der Waals surface area contributed by atoms with Gasteiger partial charge in [0.15, 0.2) is 5.78 Å². The monoisotopic (exact) mass is 348 g/mol. The minimum atomic E-state index is -0.640. The van der Waals surface area contributed by atoms with Crippen molar-refractivity contribution in [3.8, 4) is 0 Å². The first kappa shape index (κ1) is 16.7. The number of halogens is 2. The zero-order chi connectivity index (χ0) is 18.0. The molecule has 4 aliphatic rings. The molecule has 0 aromatic heterocycles. The van der Waals surface area contributed by atoms with Crippen LogP contribution in [0.5, 0.6) is 0 Å². The van der Waals surface area contributed by atoms with Gasteiger partial charge in [0.1, 0.15) is 0 Å². The number of fused-ring (bicyclic) bond motifs is 5. The molecule has 134 valence electrons. The summed E-state index contributed by atoms with van der Waals surface area (Å²) >= 11 is 0. The lowest BCUT2D eigenvalue weighted by molar-refractivity contribution is -0.147. The lowest BCUT2D eigenvalue weighted by atomic mass is 9.45. The van der Waals surface area contributed by atoms with E-state index in [0.29, 0.717) is 37.5 Å². The molecule has 4 rings (SSSR count). The van der Waals surface area contributed by atoms with Crippen LogP contribution in [0, 0.1) is 28.6 Å². The topological polar surface area (TPSA) is 43.4 Å². The van der Waals surface area contributed by atoms with Gasteiger partial charge in [-0.15, -0.1) is 0 Å². The third kappa shape index (κ3) is 2.01. The lowest BCUT2D eigenvalue weighted by Gasteiger charge is -2.56. The molecule has 0 bridgehead atoms. The second-order valence-corrected chi connectivity index (χ2v) is 8.32. The number of ketones is 1. The van der Waals surface area contributed by atoms with E-state index in [0.717, 1.165) is 6.42 Å². The van der Waals surface area contributed by atoms with Gasteiger partial charge in [-0.1, -0.05) is 6.92 Å². The summed E-state index contributed by atoms with van der Waals surface area (Å²) in [7, 11) is 0. The van der Waals surface area contributed by atoms with Crippen LogP contribution < -0.4 is 0 Å². The highest BCUT2D eigenvalue weighted by molar-refractivity contribution is 5.93. The Morgan fingerprint density at radius 1 is 1.12 bits per heavy atom. The molecular weight excluding hydrogens is 326 g/mol. The number of rotatable bonds is 0. The number of esters is 1. The van der Waals surface area contributed by atoms with Crippen molar-refractivity contribution in [3.63, 3.8) is 0 Å². The van der Waals surface area contributed by atoms with Crippen molar-refractivity contribution < 1.29 is 23.1 Å². The van der Waals surface area contributed by atoms with Crippen molar-refractivity contribution in [1.82, 2.24) is 0 Å². The summed E-state index contributed by atoms with van der Waals surface area (Å²) in [6, 6.07) is 0. The normalized spacial score (nSPS) is 46.4. The largest absolute Gasteiger partial charge is 0.465 e. The smallest absolute Gasteiger partial charge is 0.312 e. The fourth-order valence-corrected chi connectivity index (χ4v) is 5.79. The summed E-state index contributed by atoms with van der Waals surface area (Å²) in [4.78, 5) is 24.2. The Morgan fingerprint density at radius 3 is 2.56 bits per heavy atom. The maximum Gasteiger partial charge on any atom is 0.312 e. The number of carbonyl (C=O) groups excluding carboxylic acids is 2. The molecule has 5 heteroatoms. The molecule has 1 heterocycles. The van der Waals surface area contributed by atoms with Crippen LogP contribution in [0.4, 0.5) is 8.78 Å². The molecule has 0 amide bonds. The van der Waals surface area contributed by atoms with E-state index in [1.807, 2.05) is 6.92 Å². The molecule has 3 aliphatic carbocycles. The second-order valence-electron chi connectivity index (χ2n) is 8.32. The van der Waals surface area contributed by atoms with Crippen molar-refractivity contribution in [3.05, 3.63) is 35.5 Å². The Bertz CT molecular complexity index is 750. The van der Waals surface area contributed by atoms with Gasteiger partial charge in [0.2, 0.25) is 0 Å². The molecule has 0 spiro atoms. The molecule has 5 atom stereocenters. The molecular formula is C20H22F2O3. The van der Waals surface area contributed by atoms with E-state index in [4.69, 9.17) is 4.74 Å². The number of allylic oxidation sites excluding steroid dienone is 4. The Balaban J connectivity index is 1.90. The fourth-order valence-electron chi connectivity index (χ4n) is 5.79. The maximum absolute atomic E-state index is 13.9. The van der Waals surface area contributed by atoms with Crippen LogP contribution >= 0.6 is 0 Å². The van der Waals surface area contributed by atoms with Gasteiger partial charge in [-0.2, -0.15) is 0 Å². The molecule has 3 fully saturated rings. The van der Waals surface area contributed by atoms with Crippen LogP contribution in [0.3, 0.4) is 0 Å². The van der Waals surface area contributed by atoms with Gasteiger partial charge in [-0.05, 0) is 60.7 Å².